The van der Waals surface area contributed by atoms with Crippen LogP contribution in [0.2, 0.25) is 0 Å². The lowest BCUT2D eigenvalue weighted by atomic mass is 10.2. The zero-order valence-corrected chi connectivity index (χ0v) is 14.0. The van der Waals surface area contributed by atoms with Crippen LogP contribution in [0.5, 0.6) is 5.75 Å². The average molecular weight is 374 g/mol. The number of hydrogen-bond donors (Lipinski definition) is 2. The van der Waals surface area contributed by atoms with Gasteiger partial charge in [0.1, 0.15) is 17.3 Å². The van der Waals surface area contributed by atoms with Gasteiger partial charge < -0.3 is 15.4 Å². The van der Waals surface area contributed by atoms with Gasteiger partial charge in [-0.25, -0.2) is 23.1 Å². The number of carbonyl (C=O) groups excluding carboxylic acids is 1. The van der Waals surface area contributed by atoms with Gasteiger partial charge >= 0.3 is 0 Å². The van der Waals surface area contributed by atoms with Crippen molar-refractivity contribution in [3.63, 3.8) is 0 Å². The Bertz CT molecular complexity index is 981. The molecule has 0 aliphatic rings. The number of anilines is 3. The Kier molecular flexibility index (Phi) is 5.20. The van der Waals surface area contributed by atoms with Gasteiger partial charge in [-0.1, -0.05) is 12.1 Å². The minimum atomic E-state index is -1.67. The van der Waals surface area contributed by atoms with Crippen molar-refractivity contribution in [3.05, 3.63) is 71.9 Å². The quantitative estimate of drug-likeness (QED) is 0.663. The van der Waals surface area contributed by atoms with Gasteiger partial charge in [0.25, 0.3) is 5.91 Å². The van der Waals surface area contributed by atoms with E-state index in [1.807, 2.05) is 0 Å². The van der Waals surface area contributed by atoms with Crippen molar-refractivity contribution in [2.24, 2.45) is 0 Å². The SMILES string of the molecule is COc1ccccc1Nc1cnc(C(=O)Nc2ccc(F)c(F)c2F)cn1. The first-order valence-electron chi connectivity index (χ1n) is 7.66. The number of benzene rings is 2. The molecular formula is C18H13F3N4O2. The lowest BCUT2D eigenvalue weighted by Gasteiger charge is -2.10. The molecule has 9 heteroatoms. The Morgan fingerprint density at radius 3 is 2.44 bits per heavy atom. The number of nitrogens with zero attached hydrogens (tertiary/aromatic N) is 2. The summed E-state index contributed by atoms with van der Waals surface area (Å²) in [7, 11) is 1.52. The van der Waals surface area contributed by atoms with Gasteiger partial charge in [-0.3, -0.25) is 4.79 Å². The number of para-hydroxylation sites is 2. The van der Waals surface area contributed by atoms with Crippen LogP contribution < -0.4 is 15.4 Å². The molecule has 0 radical (unpaired) electrons. The van der Waals surface area contributed by atoms with Gasteiger partial charge in [-0.05, 0) is 24.3 Å². The molecule has 138 valence electrons. The molecule has 0 spiro atoms. The van der Waals surface area contributed by atoms with Gasteiger partial charge in [0.2, 0.25) is 0 Å². The number of carbonyl (C=O) groups is 1. The Morgan fingerprint density at radius 1 is 0.963 bits per heavy atom. The van der Waals surface area contributed by atoms with Crippen molar-refractivity contribution in [3.8, 4) is 5.75 Å². The molecule has 0 atom stereocenters. The van der Waals surface area contributed by atoms with Crippen molar-refractivity contribution in [2.75, 3.05) is 17.7 Å². The largest absolute Gasteiger partial charge is 0.495 e. The maximum absolute atomic E-state index is 13.6. The van der Waals surface area contributed by atoms with Gasteiger partial charge in [0.15, 0.2) is 17.5 Å². The number of hydrogen-bond acceptors (Lipinski definition) is 5. The Hall–Kier alpha value is -3.62. The minimum Gasteiger partial charge on any atom is -0.495 e. The highest BCUT2D eigenvalue weighted by Gasteiger charge is 2.17. The second kappa shape index (κ2) is 7.73. The van der Waals surface area contributed by atoms with E-state index >= 15 is 0 Å². The number of ether oxygens (including phenoxy) is 1. The number of rotatable bonds is 5. The van der Waals surface area contributed by atoms with Crippen LogP contribution in [0.1, 0.15) is 10.5 Å². The molecule has 0 bridgehead atoms. The first-order valence-corrected chi connectivity index (χ1v) is 7.66. The van der Waals surface area contributed by atoms with Crippen LogP contribution in [0.4, 0.5) is 30.4 Å². The molecule has 2 N–H and O–H groups in total. The first-order chi connectivity index (χ1) is 13.0. The molecule has 1 amide bonds. The zero-order valence-electron chi connectivity index (χ0n) is 14.0. The van der Waals surface area contributed by atoms with Gasteiger partial charge in [-0.15, -0.1) is 0 Å². The van der Waals surface area contributed by atoms with Crippen molar-refractivity contribution in [1.82, 2.24) is 9.97 Å². The van der Waals surface area contributed by atoms with Gasteiger partial charge in [0, 0.05) is 0 Å². The smallest absolute Gasteiger partial charge is 0.275 e. The van der Waals surface area contributed by atoms with Crippen LogP contribution in [-0.2, 0) is 0 Å². The van der Waals surface area contributed by atoms with Crippen LogP contribution >= 0.6 is 0 Å². The molecule has 2 aromatic carbocycles. The number of aromatic nitrogens is 2. The highest BCUT2D eigenvalue weighted by molar-refractivity contribution is 6.02. The Balaban J connectivity index is 1.73. The third kappa shape index (κ3) is 3.97. The van der Waals surface area contributed by atoms with E-state index < -0.39 is 29.0 Å². The standard InChI is InChI=1S/C18H13F3N4O2/c1-27-14-5-3-2-4-11(14)24-15-9-22-13(8-23-15)18(26)25-12-7-6-10(19)16(20)17(12)21/h2-9H,1H3,(H,23,24)(H,25,26). The molecule has 0 saturated heterocycles. The predicted molar refractivity (Wildman–Crippen MR) is 92.6 cm³/mol. The van der Waals surface area contributed by atoms with E-state index in [1.165, 1.54) is 13.3 Å². The topological polar surface area (TPSA) is 76.1 Å². The summed E-state index contributed by atoms with van der Waals surface area (Å²) in [6, 6.07) is 8.76. The Morgan fingerprint density at radius 2 is 1.74 bits per heavy atom. The summed E-state index contributed by atoms with van der Waals surface area (Å²) in [5, 5.41) is 5.10. The van der Waals surface area contributed by atoms with Crippen molar-refractivity contribution < 1.29 is 22.7 Å². The molecule has 1 aromatic heterocycles. The maximum atomic E-state index is 13.6. The molecule has 3 aromatic rings. The molecule has 0 aliphatic heterocycles. The average Bonchev–Trinajstić information content (AvgIpc) is 2.69. The van der Waals surface area contributed by atoms with E-state index in [4.69, 9.17) is 4.74 Å². The van der Waals surface area contributed by atoms with Gasteiger partial charge in [0.05, 0.1) is 30.9 Å². The third-order valence-corrected chi connectivity index (χ3v) is 3.54. The minimum absolute atomic E-state index is 0.135. The van der Waals surface area contributed by atoms with Gasteiger partial charge in [-0.2, -0.15) is 0 Å². The maximum Gasteiger partial charge on any atom is 0.275 e. The second-order valence-electron chi connectivity index (χ2n) is 5.29. The van der Waals surface area contributed by atoms with Crippen molar-refractivity contribution >= 4 is 23.1 Å². The van der Waals surface area contributed by atoms with E-state index in [2.05, 4.69) is 20.6 Å². The molecule has 1 heterocycles. The van der Waals surface area contributed by atoms with E-state index in [1.54, 1.807) is 24.3 Å². The van der Waals surface area contributed by atoms with Crippen molar-refractivity contribution in [1.29, 1.82) is 0 Å². The van der Waals surface area contributed by atoms with Crippen LogP contribution in [0.25, 0.3) is 0 Å². The summed E-state index contributed by atoms with van der Waals surface area (Å²) in [6.07, 6.45) is 2.45. The summed E-state index contributed by atoms with van der Waals surface area (Å²) in [6.45, 7) is 0. The number of methoxy groups -OCH3 is 1. The predicted octanol–water partition coefficient (Wildman–Crippen LogP) is 3.90. The summed E-state index contributed by atoms with van der Waals surface area (Å²) in [4.78, 5) is 20.1. The zero-order chi connectivity index (χ0) is 19.4. The summed E-state index contributed by atoms with van der Waals surface area (Å²) >= 11 is 0. The number of nitrogens with one attached hydrogen (secondary N) is 2. The fraction of sp³-hybridized carbons (Fsp3) is 0.0556. The molecule has 0 aliphatic carbocycles. The summed E-state index contributed by atoms with van der Waals surface area (Å²) in [5.74, 6) is -4.40. The normalized spacial score (nSPS) is 10.4. The molecule has 0 fully saturated rings. The third-order valence-electron chi connectivity index (χ3n) is 3.54. The molecule has 6 nitrogen and oxygen atoms in total. The number of amides is 1. The van der Waals surface area contributed by atoms with Crippen LogP contribution in [0.3, 0.4) is 0 Å². The highest BCUT2D eigenvalue weighted by Crippen LogP contribution is 2.26. The van der Waals surface area contributed by atoms with Crippen LogP contribution in [0.15, 0.2) is 48.8 Å². The first kappa shape index (κ1) is 18.2. The fourth-order valence-electron chi connectivity index (χ4n) is 2.20. The summed E-state index contributed by atoms with van der Waals surface area (Å²) < 4.78 is 45.0. The highest BCUT2D eigenvalue weighted by atomic mass is 19.2. The molecule has 3 rings (SSSR count). The van der Waals surface area contributed by atoms with E-state index in [9.17, 15) is 18.0 Å². The molecular weight excluding hydrogens is 361 g/mol. The molecule has 0 unspecified atom stereocenters. The van der Waals surface area contributed by atoms with Crippen LogP contribution in [0, 0.1) is 17.5 Å². The monoisotopic (exact) mass is 374 g/mol. The Labute approximate surface area is 152 Å². The van der Waals surface area contributed by atoms with E-state index in [0.717, 1.165) is 12.3 Å². The molecule has 0 saturated carbocycles. The lowest BCUT2D eigenvalue weighted by molar-refractivity contribution is 0.102. The van der Waals surface area contributed by atoms with Crippen LogP contribution in [-0.4, -0.2) is 23.0 Å². The van der Waals surface area contributed by atoms with E-state index in [0.29, 0.717) is 23.3 Å². The molecule has 27 heavy (non-hydrogen) atoms. The second-order valence-corrected chi connectivity index (χ2v) is 5.29. The van der Waals surface area contributed by atoms with E-state index in [-0.39, 0.29) is 5.69 Å². The lowest BCUT2D eigenvalue weighted by Crippen LogP contribution is -2.16. The van der Waals surface area contributed by atoms with Crippen molar-refractivity contribution in [2.45, 2.75) is 0 Å². The number of halogens is 3. The summed E-state index contributed by atoms with van der Waals surface area (Å²) in [5.41, 5.74) is 0.0111. The fourth-order valence-corrected chi connectivity index (χ4v) is 2.20.